The first-order chi connectivity index (χ1) is 17.9. The van der Waals surface area contributed by atoms with Gasteiger partial charge in [0.15, 0.2) is 16.7 Å². The molecule has 0 atom stereocenters. The largest absolute Gasteiger partial charge is 0.490 e. The van der Waals surface area contributed by atoms with Crippen LogP contribution in [0.2, 0.25) is 10.0 Å². The smallest absolute Gasteiger partial charge is 0.266 e. The Morgan fingerprint density at radius 2 is 1.76 bits per heavy atom. The fourth-order valence-corrected chi connectivity index (χ4v) is 5.36. The molecule has 4 rings (SSSR count). The minimum atomic E-state index is -0.0594. The van der Waals surface area contributed by atoms with E-state index in [1.54, 1.807) is 17.0 Å². The number of halogens is 2. The third kappa shape index (κ3) is 6.50. The number of para-hydroxylation sites is 1. The summed E-state index contributed by atoms with van der Waals surface area (Å²) >= 11 is 13.7. The van der Waals surface area contributed by atoms with Gasteiger partial charge in [-0.25, -0.2) is 4.99 Å². The number of carbonyl (C=O) groups is 1. The molecule has 1 aliphatic rings. The lowest BCUT2D eigenvalue weighted by molar-refractivity contribution is -0.122. The lowest BCUT2D eigenvalue weighted by Gasteiger charge is -2.14. The molecule has 1 aliphatic heterocycles. The summed E-state index contributed by atoms with van der Waals surface area (Å²) in [5, 5.41) is 1.80. The van der Waals surface area contributed by atoms with Gasteiger partial charge in [-0.1, -0.05) is 60.5 Å². The maximum atomic E-state index is 13.2. The van der Waals surface area contributed by atoms with Crippen LogP contribution in [0.5, 0.6) is 11.5 Å². The number of thioether (sulfide) groups is 1. The van der Waals surface area contributed by atoms with Crippen LogP contribution in [0.4, 0.5) is 5.69 Å². The van der Waals surface area contributed by atoms with Gasteiger partial charge in [0, 0.05) is 22.2 Å². The molecule has 5 nitrogen and oxygen atoms in total. The topological polar surface area (TPSA) is 51.1 Å². The molecular formula is C29H28Cl2N2O3S. The Morgan fingerprint density at radius 3 is 2.49 bits per heavy atom. The summed E-state index contributed by atoms with van der Waals surface area (Å²) in [6, 6.07) is 18.9. The number of aryl methyl sites for hydroxylation is 1. The number of carbonyl (C=O) groups excluding carboxylic acids is 1. The van der Waals surface area contributed by atoms with Gasteiger partial charge in [0.25, 0.3) is 5.91 Å². The van der Waals surface area contributed by atoms with Crippen LogP contribution >= 0.6 is 35.0 Å². The van der Waals surface area contributed by atoms with Crippen molar-refractivity contribution in [3.63, 3.8) is 0 Å². The van der Waals surface area contributed by atoms with Crippen molar-refractivity contribution < 1.29 is 14.3 Å². The summed E-state index contributed by atoms with van der Waals surface area (Å²) in [5.74, 6) is 1.13. The molecule has 0 aliphatic carbocycles. The van der Waals surface area contributed by atoms with Crippen molar-refractivity contribution in [1.82, 2.24) is 4.90 Å². The second-order valence-electron chi connectivity index (χ2n) is 8.20. The van der Waals surface area contributed by atoms with Crippen molar-refractivity contribution in [2.45, 2.75) is 33.8 Å². The molecular weight excluding hydrogens is 527 g/mol. The van der Waals surface area contributed by atoms with Crippen molar-refractivity contribution >= 4 is 57.8 Å². The van der Waals surface area contributed by atoms with Crippen molar-refractivity contribution in [1.29, 1.82) is 0 Å². The molecule has 0 aromatic heterocycles. The van der Waals surface area contributed by atoms with Gasteiger partial charge in [0.05, 0.1) is 17.2 Å². The van der Waals surface area contributed by atoms with E-state index in [0.717, 1.165) is 28.8 Å². The maximum absolute atomic E-state index is 13.2. The number of benzene rings is 3. The predicted molar refractivity (Wildman–Crippen MR) is 154 cm³/mol. The fourth-order valence-electron chi connectivity index (χ4n) is 3.84. The van der Waals surface area contributed by atoms with E-state index >= 15 is 0 Å². The quantitative estimate of drug-likeness (QED) is 0.250. The average Bonchev–Trinajstić information content (AvgIpc) is 3.18. The minimum absolute atomic E-state index is 0.0594. The number of hydrogen-bond acceptors (Lipinski definition) is 5. The molecule has 1 fully saturated rings. The number of amides is 1. The molecule has 1 heterocycles. The van der Waals surface area contributed by atoms with Gasteiger partial charge in [0.2, 0.25) is 0 Å². The Balaban J connectivity index is 1.58. The van der Waals surface area contributed by atoms with Gasteiger partial charge in [0.1, 0.15) is 6.61 Å². The van der Waals surface area contributed by atoms with E-state index in [4.69, 9.17) is 37.7 Å². The summed E-state index contributed by atoms with van der Waals surface area (Å²) in [7, 11) is 0. The third-order valence-electron chi connectivity index (χ3n) is 5.76. The molecule has 0 radical (unpaired) electrons. The summed E-state index contributed by atoms with van der Waals surface area (Å²) in [6.45, 7) is 7.26. The van der Waals surface area contributed by atoms with E-state index in [-0.39, 0.29) is 12.5 Å². The Hall–Kier alpha value is -2.93. The number of likely N-dealkylation sites (N-methyl/N-ethyl adjacent to an activating group) is 1. The van der Waals surface area contributed by atoms with Crippen molar-refractivity contribution in [3.05, 3.63) is 92.3 Å². The third-order valence-corrected chi connectivity index (χ3v) is 7.35. The second kappa shape index (κ2) is 12.5. The first kappa shape index (κ1) is 27.1. The molecule has 8 heteroatoms. The molecule has 0 saturated carbocycles. The van der Waals surface area contributed by atoms with Crippen LogP contribution in [0.3, 0.4) is 0 Å². The van der Waals surface area contributed by atoms with Crippen molar-refractivity contribution in [3.8, 4) is 11.5 Å². The number of ether oxygens (including phenoxy) is 2. The molecule has 3 aromatic carbocycles. The first-order valence-corrected chi connectivity index (χ1v) is 13.7. The van der Waals surface area contributed by atoms with Crippen LogP contribution in [0, 0.1) is 0 Å². The molecule has 1 saturated heterocycles. The highest BCUT2D eigenvalue weighted by Crippen LogP contribution is 2.37. The molecule has 0 N–H and O–H groups in total. The number of rotatable bonds is 9. The Bertz CT molecular complexity index is 1360. The van der Waals surface area contributed by atoms with E-state index in [2.05, 4.69) is 13.0 Å². The summed E-state index contributed by atoms with van der Waals surface area (Å²) in [6.07, 6.45) is 2.74. The molecule has 3 aromatic rings. The molecule has 1 amide bonds. The van der Waals surface area contributed by atoms with Crippen LogP contribution < -0.4 is 9.47 Å². The van der Waals surface area contributed by atoms with Crippen LogP contribution in [-0.2, 0) is 17.8 Å². The van der Waals surface area contributed by atoms with Gasteiger partial charge < -0.3 is 9.47 Å². The number of nitrogens with zero attached hydrogens (tertiary/aromatic N) is 2. The van der Waals surface area contributed by atoms with Gasteiger partial charge in [-0.15, -0.1) is 0 Å². The van der Waals surface area contributed by atoms with Gasteiger partial charge in [-0.2, -0.15) is 0 Å². The fraction of sp³-hybridized carbons (Fsp3) is 0.241. The molecule has 192 valence electrons. The van der Waals surface area contributed by atoms with Crippen LogP contribution in [0.1, 0.15) is 37.5 Å². The lowest BCUT2D eigenvalue weighted by Crippen LogP contribution is -2.28. The van der Waals surface area contributed by atoms with Crippen LogP contribution in [0.15, 0.2) is 70.6 Å². The summed E-state index contributed by atoms with van der Waals surface area (Å²) in [5.41, 5.74) is 3.69. The van der Waals surface area contributed by atoms with Gasteiger partial charge >= 0.3 is 0 Å². The zero-order valence-corrected chi connectivity index (χ0v) is 23.3. The summed E-state index contributed by atoms with van der Waals surface area (Å²) < 4.78 is 11.9. The lowest BCUT2D eigenvalue weighted by atomic mass is 10.1. The second-order valence-corrected chi connectivity index (χ2v) is 10.1. The SMILES string of the molecule is CCOc1cc(/C=C2/SC(=Nc3ccccc3CC)N(CC)C2=O)ccc1OCc1ccc(Cl)cc1Cl. The van der Waals surface area contributed by atoms with Gasteiger partial charge in [-0.3, -0.25) is 9.69 Å². The average molecular weight is 556 g/mol. The zero-order chi connectivity index (χ0) is 26.4. The predicted octanol–water partition coefficient (Wildman–Crippen LogP) is 8.16. The Labute approximate surface area is 232 Å². The van der Waals surface area contributed by atoms with Crippen molar-refractivity contribution in [2.24, 2.45) is 4.99 Å². The Kier molecular flexibility index (Phi) is 9.19. The number of aliphatic imine (C=N–C) groups is 1. The molecule has 37 heavy (non-hydrogen) atoms. The minimum Gasteiger partial charge on any atom is -0.490 e. The highest BCUT2D eigenvalue weighted by molar-refractivity contribution is 8.18. The molecule has 0 spiro atoms. The zero-order valence-electron chi connectivity index (χ0n) is 21.0. The van der Waals surface area contributed by atoms with Gasteiger partial charge in [-0.05, 0) is 79.6 Å². The highest BCUT2D eigenvalue weighted by atomic mass is 35.5. The first-order valence-electron chi connectivity index (χ1n) is 12.1. The van der Waals surface area contributed by atoms with E-state index in [9.17, 15) is 4.79 Å². The molecule has 0 bridgehead atoms. The van der Waals surface area contributed by atoms with Crippen molar-refractivity contribution in [2.75, 3.05) is 13.2 Å². The van der Waals surface area contributed by atoms with E-state index in [1.165, 1.54) is 11.8 Å². The standard InChI is InChI=1S/C29H28Cl2N2O3S/c1-4-20-9-7-8-10-24(20)32-29-33(5-2)28(34)27(37-29)16-19-11-14-25(26(15-19)35-6-3)36-18-21-12-13-22(30)17-23(21)31/h7-17H,4-6,18H2,1-3H3/b27-16+,32-29?. The van der Waals surface area contributed by atoms with Crippen LogP contribution in [-0.4, -0.2) is 29.1 Å². The Morgan fingerprint density at radius 1 is 0.946 bits per heavy atom. The molecule has 0 unspecified atom stereocenters. The number of hydrogen-bond donors (Lipinski definition) is 0. The summed E-state index contributed by atoms with van der Waals surface area (Å²) in [4.78, 5) is 20.3. The highest BCUT2D eigenvalue weighted by Gasteiger charge is 2.32. The normalized spacial score (nSPS) is 15.6. The van der Waals surface area contributed by atoms with E-state index in [0.29, 0.717) is 44.8 Å². The van der Waals surface area contributed by atoms with E-state index in [1.807, 2.05) is 62.4 Å². The van der Waals surface area contributed by atoms with Crippen LogP contribution in [0.25, 0.3) is 6.08 Å². The maximum Gasteiger partial charge on any atom is 0.266 e. The van der Waals surface area contributed by atoms with E-state index < -0.39 is 0 Å². The number of amidine groups is 1. The monoisotopic (exact) mass is 554 g/mol.